The Morgan fingerprint density at radius 2 is 1.67 bits per heavy atom. The molecule has 120 valence electrons. The third-order valence-electron chi connectivity index (χ3n) is 5.28. The van der Waals surface area contributed by atoms with Crippen molar-refractivity contribution in [1.29, 1.82) is 0 Å². The van der Waals surface area contributed by atoms with Crippen LogP contribution in [0, 0.1) is 12.7 Å². The van der Waals surface area contributed by atoms with Crippen LogP contribution >= 0.6 is 0 Å². The Morgan fingerprint density at radius 1 is 0.917 bits per heavy atom. The van der Waals surface area contributed by atoms with Crippen LogP contribution in [0.15, 0.2) is 54.7 Å². The molecule has 1 aliphatic rings. The number of aryl methyl sites for hydroxylation is 2. The maximum atomic E-state index is 13.6. The first-order valence-electron chi connectivity index (χ1n) is 8.31. The van der Waals surface area contributed by atoms with E-state index in [9.17, 15) is 4.39 Å². The van der Waals surface area contributed by atoms with Crippen LogP contribution in [0.5, 0.6) is 0 Å². The molecular weight excluding hydrogens is 297 g/mol. The number of hydrogen-bond donors (Lipinski definition) is 0. The zero-order chi connectivity index (χ0) is 17.1. The molecule has 1 heterocycles. The van der Waals surface area contributed by atoms with Crippen molar-refractivity contribution >= 4 is 0 Å². The lowest BCUT2D eigenvalue weighted by atomic mass is 9.78. The van der Waals surface area contributed by atoms with Crippen molar-refractivity contribution in [2.75, 3.05) is 0 Å². The average Bonchev–Trinajstić information content (AvgIpc) is 2.77. The lowest BCUT2D eigenvalue weighted by Crippen LogP contribution is -2.32. The molecule has 0 bridgehead atoms. The minimum atomic E-state index is -0.214. The molecule has 4 rings (SSSR count). The molecule has 2 heteroatoms. The fourth-order valence-electron chi connectivity index (χ4n) is 4.14. The van der Waals surface area contributed by atoms with E-state index in [1.165, 1.54) is 33.4 Å². The van der Waals surface area contributed by atoms with Crippen LogP contribution in [0.25, 0.3) is 22.4 Å². The van der Waals surface area contributed by atoms with Gasteiger partial charge in [-0.3, -0.25) is 0 Å². The van der Waals surface area contributed by atoms with Crippen LogP contribution < -0.4 is 4.57 Å². The molecule has 3 aromatic rings. The highest BCUT2D eigenvalue weighted by Crippen LogP contribution is 2.52. The average molecular weight is 318 g/mol. The normalized spacial score (nSPS) is 14.4. The second kappa shape index (κ2) is 5.01. The largest absolute Gasteiger partial charge is 0.213 e. The minimum Gasteiger partial charge on any atom is -0.200 e. The summed E-state index contributed by atoms with van der Waals surface area (Å²) in [5.41, 5.74) is 8.71. The van der Waals surface area contributed by atoms with Gasteiger partial charge in [0.05, 0.1) is 5.56 Å². The molecule has 0 atom stereocenters. The summed E-state index contributed by atoms with van der Waals surface area (Å²) in [6.45, 7) is 6.70. The summed E-state index contributed by atoms with van der Waals surface area (Å²) in [7, 11) is 1.91. The number of fused-ring (bicyclic) bond motifs is 3. The van der Waals surface area contributed by atoms with Gasteiger partial charge < -0.3 is 0 Å². The molecule has 1 aromatic heterocycles. The zero-order valence-corrected chi connectivity index (χ0v) is 14.5. The minimum absolute atomic E-state index is 0.0747. The highest BCUT2D eigenvalue weighted by Gasteiger charge is 2.39. The van der Waals surface area contributed by atoms with E-state index in [1.54, 1.807) is 12.3 Å². The first-order valence-corrected chi connectivity index (χ1v) is 8.31. The number of hydrogen-bond acceptors (Lipinski definition) is 0. The summed E-state index contributed by atoms with van der Waals surface area (Å²) in [5.74, 6) is -0.214. The smallest absolute Gasteiger partial charge is 0.200 e. The van der Waals surface area contributed by atoms with E-state index < -0.39 is 0 Å². The Hall–Kier alpha value is -2.48. The van der Waals surface area contributed by atoms with E-state index >= 15 is 0 Å². The van der Waals surface area contributed by atoms with Crippen molar-refractivity contribution in [1.82, 2.24) is 0 Å². The summed E-state index contributed by atoms with van der Waals surface area (Å²) in [6, 6.07) is 16.5. The van der Waals surface area contributed by atoms with Crippen LogP contribution in [0.2, 0.25) is 0 Å². The van der Waals surface area contributed by atoms with Gasteiger partial charge >= 0.3 is 0 Å². The van der Waals surface area contributed by atoms with E-state index in [0.717, 1.165) is 5.69 Å². The molecule has 0 N–H and O–H groups in total. The van der Waals surface area contributed by atoms with Gasteiger partial charge in [-0.05, 0) is 40.8 Å². The maximum Gasteiger partial charge on any atom is 0.213 e. The van der Waals surface area contributed by atoms with Gasteiger partial charge in [0.15, 0.2) is 5.82 Å². The van der Waals surface area contributed by atoms with Crippen molar-refractivity contribution in [3.8, 4) is 22.4 Å². The summed E-state index contributed by atoms with van der Waals surface area (Å²) in [5, 5.41) is 0. The molecule has 0 saturated carbocycles. The van der Waals surface area contributed by atoms with Crippen LogP contribution in [0.3, 0.4) is 0 Å². The Balaban J connectivity index is 2.09. The van der Waals surface area contributed by atoms with E-state index in [0.29, 0.717) is 0 Å². The maximum absolute atomic E-state index is 13.6. The number of aromatic nitrogens is 1. The van der Waals surface area contributed by atoms with Crippen molar-refractivity contribution in [3.63, 3.8) is 0 Å². The predicted octanol–water partition coefficient (Wildman–Crippen LogP) is 4.93. The van der Waals surface area contributed by atoms with Crippen molar-refractivity contribution in [3.05, 3.63) is 77.2 Å². The molecule has 24 heavy (non-hydrogen) atoms. The molecular formula is C22H21FN+. The molecule has 0 saturated heterocycles. The van der Waals surface area contributed by atoms with Crippen molar-refractivity contribution < 1.29 is 8.96 Å². The van der Waals surface area contributed by atoms with Gasteiger partial charge in [-0.2, -0.15) is 4.57 Å². The molecule has 0 unspecified atom stereocenters. The molecule has 0 radical (unpaired) electrons. The Labute approximate surface area is 142 Å². The highest BCUT2D eigenvalue weighted by molar-refractivity contribution is 5.88. The number of pyridine rings is 1. The molecule has 0 aliphatic heterocycles. The second-order valence-electron chi connectivity index (χ2n) is 7.19. The summed E-state index contributed by atoms with van der Waals surface area (Å²) in [4.78, 5) is 0. The fourth-order valence-corrected chi connectivity index (χ4v) is 4.14. The van der Waals surface area contributed by atoms with Crippen LogP contribution in [0.1, 0.15) is 30.5 Å². The molecule has 0 fully saturated rings. The number of halogens is 1. The van der Waals surface area contributed by atoms with Gasteiger partial charge in [0.2, 0.25) is 11.9 Å². The Bertz CT molecular complexity index is 970. The molecule has 2 aromatic carbocycles. The SMILES string of the molecule is Cc1ccc2c(c1-c1ccc(F)c[n+]1C)C(C)(C)c1ccccc1-2. The van der Waals surface area contributed by atoms with Gasteiger partial charge in [0.25, 0.3) is 0 Å². The monoisotopic (exact) mass is 318 g/mol. The van der Waals surface area contributed by atoms with Crippen molar-refractivity contribution in [2.24, 2.45) is 7.05 Å². The summed E-state index contributed by atoms with van der Waals surface area (Å²) >= 11 is 0. The van der Waals surface area contributed by atoms with Gasteiger partial charge in [-0.25, -0.2) is 4.39 Å². The number of benzene rings is 2. The van der Waals surface area contributed by atoms with E-state index in [-0.39, 0.29) is 11.2 Å². The number of nitrogens with zero attached hydrogens (tertiary/aromatic N) is 1. The van der Waals surface area contributed by atoms with Gasteiger partial charge in [-0.15, -0.1) is 0 Å². The predicted molar refractivity (Wildman–Crippen MR) is 95.3 cm³/mol. The van der Waals surface area contributed by atoms with Gasteiger partial charge in [0, 0.05) is 11.5 Å². The fraction of sp³-hybridized carbons (Fsp3) is 0.227. The van der Waals surface area contributed by atoms with E-state index in [2.05, 4.69) is 57.2 Å². The van der Waals surface area contributed by atoms with Crippen molar-refractivity contribution in [2.45, 2.75) is 26.2 Å². The first-order chi connectivity index (χ1) is 11.4. The zero-order valence-electron chi connectivity index (χ0n) is 14.5. The van der Waals surface area contributed by atoms with E-state index in [4.69, 9.17) is 0 Å². The third kappa shape index (κ3) is 1.96. The lowest BCUT2D eigenvalue weighted by molar-refractivity contribution is -0.662. The quantitative estimate of drug-likeness (QED) is 0.560. The molecule has 1 aliphatic carbocycles. The Morgan fingerprint density at radius 3 is 2.42 bits per heavy atom. The van der Waals surface area contributed by atoms with Gasteiger partial charge in [0.1, 0.15) is 7.05 Å². The van der Waals surface area contributed by atoms with Crippen LogP contribution in [-0.4, -0.2) is 0 Å². The molecule has 0 spiro atoms. The summed E-state index contributed by atoms with van der Waals surface area (Å²) in [6.07, 6.45) is 1.54. The lowest BCUT2D eigenvalue weighted by Gasteiger charge is -2.24. The topological polar surface area (TPSA) is 3.88 Å². The molecule has 1 nitrogen and oxygen atoms in total. The van der Waals surface area contributed by atoms with Crippen LogP contribution in [0.4, 0.5) is 4.39 Å². The van der Waals surface area contributed by atoms with Gasteiger partial charge in [-0.1, -0.05) is 50.2 Å². The first kappa shape index (κ1) is 15.1. The van der Waals surface area contributed by atoms with Crippen LogP contribution in [-0.2, 0) is 12.5 Å². The second-order valence-corrected chi connectivity index (χ2v) is 7.19. The molecule has 0 amide bonds. The highest BCUT2D eigenvalue weighted by atomic mass is 19.1. The third-order valence-corrected chi connectivity index (χ3v) is 5.28. The standard InChI is InChI=1S/C22H21FN/c1-14-9-11-17-16-7-5-6-8-18(16)22(2,3)21(17)20(14)19-12-10-15(23)13-24(19)4/h5-13H,1-4H3/q+1. The summed E-state index contributed by atoms with van der Waals surface area (Å²) < 4.78 is 15.5. The van der Waals surface area contributed by atoms with E-state index in [1.807, 2.05) is 17.7 Å². The Kier molecular flexibility index (Phi) is 3.14. The number of rotatable bonds is 1.